The zero-order valence-electron chi connectivity index (χ0n) is 9.31. The maximum atomic E-state index is 13.2. The van der Waals surface area contributed by atoms with Crippen LogP contribution in [0.3, 0.4) is 0 Å². The second kappa shape index (κ2) is 5.59. The Labute approximate surface area is 108 Å². The highest BCUT2D eigenvalue weighted by Crippen LogP contribution is 2.25. The van der Waals surface area contributed by atoms with Crippen LogP contribution in [0.5, 0.6) is 0 Å². The summed E-state index contributed by atoms with van der Waals surface area (Å²) in [6.07, 6.45) is 1.12. The van der Waals surface area contributed by atoms with Crippen molar-refractivity contribution < 1.29 is 17.7 Å². The van der Waals surface area contributed by atoms with Gasteiger partial charge < -0.3 is 0 Å². The molecule has 9 heteroatoms. The van der Waals surface area contributed by atoms with Gasteiger partial charge in [0.15, 0.2) is 0 Å². The topological polar surface area (TPSA) is 89.3 Å². The van der Waals surface area contributed by atoms with Gasteiger partial charge in [0.25, 0.3) is 0 Å². The molecule has 0 aromatic heterocycles. The van der Waals surface area contributed by atoms with E-state index in [-0.39, 0.29) is 18.0 Å². The highest BCUT2D eigenvalue weighted by molar-refractivity contribution is 7.88. The summed E-state index contributed by atoms with van der Waals surface area (Å²) in [7, 11) is -3.34. The van der Waals surface area contributed by atoms with E-state index in [4.69, 9.17) is 11.6 Å². The molecule has 1 aromatic carbocycles. The Hall–Kier alpha value is -1.25. The number of rotatable bonds is 5. The zero-order chi connectivity index (χ0) is 13.9. The van der Waals surface area contributed by atoms with Crippen molar-refractivity contribution in [1.29, 1.82) is 0 Å². The van der Waals surface area contributed by atoms with Gasteiger partial charge in [0.1, 0.15) is 0 Å². The van der Waals surface area contributed by atoms with Crippen LogP contribution in [0.15, 0.2) is 12.1 Å². The average Bonchev–Trinajstić information content (AvgIpc) is 2.18. The number of nitrogens with one attached hydrogen (secondary N) is 1. The number of halogens is 2. The van der Waals surface area contributed by atoms with Crippen LogP contribution in [0.2, 0.25) is 5.02 Å². The Balaban J connectivity index is 2.89. The van der Waals surface area contributed by atoms with Gasteiger partial charge in [-0.3, -0.25) is 10.1 Å². The van der Waals surface area contributed by atoms with Crippen molar-refractivity contribution in [1.82, 2.24) is 4.72 Å². The molecule has 6 nitrogen and oxygen atoms in total. The van der Waals surface area contributed by atoms with Crippen molar-refractivity contribution >= 4 is 27.3 Å². The number of nitro groups is 1. The third-order valence-corrected chi connectivity index (χ3v) is 3.15. The van der Waals surface area contributed by atoms with Crippen molar-refractivity contribution in [2.75, 3.05) is 12.8 Å². The summed E-state index contributed by atoms with van der Waals surface area (Å²) < 4.78 is 37.0. The van der Waals surface area contributed by atoms with Crippen molar-refractivity contribution in [2.45, 2.75) is 6.42 Å². The molecule has 0 heterocycles. The Morgan fingerprint density at radius 3 is 2.61 bits per heavy atom. The Bertz CT molecular complexity index is 576. The Kier molecular flexibility index (Phi) is 4.60. The first kappa shape index (κ1) is 14.8. The minimum absolute atomic E-state index is 0.0217. The predicted molar refractivity (Wildman–Crippen MR) is 64.6 cm³/mol. The molecule has 0 radical (unpaired) electrons. The van der Waals surface area contributed by atoms with E-state index in [0.29, 0.717) is 5.56 Å². The molecule has 0 aliphatic heterocycles. The second-order valence-electron chi connectivity index (χ2n) is 3.57. The third kappa shape index (κ3) is 4.21. The summed E-state index contributed by atoms with van der Waals surface area (Å²) in [6, 6.07) is 1.84. The molecule has 0 amide bonds. The van der Waals surface area contributed by atoms with Gasteiger partial charge >= 0.3 is 5.69 Å². The van der Waals surface area contributed by atoms with Crippen LogP contribution in [0, 0.1) is 15.9 Å². The van der Waals surface area contributed by atoms with E-state index < -0.39 is 26.5 Å². The van der Waals surface area contributed by atoms with Crippen LogP contribution in [0.4, 0.5) is 10.1 Å². The van der Waals surface area contributed by atoms with Gasteiger partial charge in [-0.25, -0.2) is 13.1 Å². The van der Waals surface area contributed by atoms with E-state index in [1.807, 2.05) is 0 Å². The summed E-state index contributed by atoms with van der Waals surface area (Å²) in [4.78, 5) is 9.67. The van der Waals surface area contributed by atoms with Gasteiger partial charge in [-0.05, 0) is 18.1 Å². The number of nitrogens with zero attached hydrogens (tertiary/aromatic N) is 1. The molecule has 0 saturated heterocycles. The molecule has 0 unspecified atom stereocenters. The maximum absolute atomic E-state index is 13.2. The molecular weight excluding hydrogens is 287 g/mol. The van der Waals surface area contributed by atoms with Gasteiger partial charge in [-0.15, -0.1) is 0 Å². The van der Waals surface area contributed by atoms with Crippen LogP contribution in [0.1, 0.15) is 5.56 Å². The van der Waals surface area contributed by atoms with Crippen LogP contribution < -0.4 is 4.72 Å². The standard InChI is InChI=1S/C9H10ClFN2O4S/c1-18(16,17)12-3-2-6-4-9(13(14)15)8(11)5-7(6)10/h4-5,12H,2-3H2,1H3. The molecule has 0 saturated carbocycles. The maximum Gasteiger partial charge on any atom is 0.305 e. The van der Waals surface area contributed by atoms with E-state index in [9.17, 15) is 22.9 Å². The fraction of sp³-hybridized carbons (Fsp3) is 0.333. The number of nitro benzene ring substituents is 1. The quantitative estimate of drug-likeness (QED) is 0.658. The first-order valence-corrected chi connectivity index (χ1v) is 7.04. The van der Waals surface area contributed by atoms with E-state index >= 15 is 0 Å². The van der Waals surface area contributed by atoms with Crippen molar-refractivity contribution in [3.05, 3.63) is 38.7 Å². The summed E-state index contributed by atoms with van der Waals surface area (Å²) in [5.74, 6) is -1.02. The normalized spacial score (nSPS) is 11.5. The fourth-order valence-electron chi connectivity index (χ4n) is 1.28. The molecule has 0 aliphatic carbocycles. The van der Waals surface area contributed by atoms with Gasteiger partial charge in [0.2, 0.25) is 15.8 Å². The van der Waals surface area contributed by atoms with Crippen molar-refractivity contribution in [3.8, 4) is 0 Å². The van der Waals surface area contributed by atoms with E-state index in [1.54, 1.807) is 0 Å². The summed E-state index contributed by atoms with van der Waals surface area (Å²) >= 11 is 5.72. The second-order valence-corrected chi connectivity index (χ2v) is 5.81. The highest BCUT2D eigenvalue weighted by atomic mass is 35.5. The van der Waals surface area contributed by atoms with E-state index in [1.165, 1.54) is 0 Å². The lowest BCUT2D eigenvalue weighted by Crippen LogP contribution is -2.24. The summed E-state index contributed by atoms with van der Waals surface area (Å²) in [5, 5.41) is 10.6. The third-order valence-electron chi connectivity index (χ3n) is 2.07. The minimum Gasteiger partial charge on any atom is -0.258 e. The lowest BCUT2D eigenvalue weighted by Gasteiger charge is -2.05. The molecule has 0 atom stereocenters. The molecule has 18 heavy (non-hydrogen) atoms. The molecule has 0 fully saturated rings. The summed E-state index contributed by atoms with van der Waals surface area (Å²) in [5.41, 5.74) is -0.380. The first-order valence-electron chi connectivity index (χ1n) is 4.77. The molecule has 0 bridgehead atoms. The molecule has 0 spiro atoms. The number of benzene rings is 1. The monoisotopic (exact) mass is 296 g/mol. The molecule has 100 valence electrons. The smallest absolute Gasteiger partial charge is 0.258 e. The van der Waals surface area contributed by atoms with Gasteiger partial charge in [0, 0.05) is 17.6 Å². The highest BCUT2D eigenvalue weighted by Gasteiger charge is 2.17. The minimum atomic E-state index is -3.34. The van der Waals surface area contributed by atoms with Gasteiger partial charge in [-0.1, -0.05) is 11.6 Å². The predicted octanol–water partition coefficient (Wildman–Crippen LogP) is 1.48. The van der Waals surface area contributed by atoms with Crippen LogP contribution >= 0.6 is 11.6 Å². The number of hydrogen-bond donors (Lipinski definition) is 1. The van der Waals surface area contributed by atoms with Crippen molar-refractivity contribution in [2.24, 2.45) is 0 Å². The van der Waals surface area contributed by atoms with Crippen LogP contribution in [-0.2, 0) is 16.4 Å². The zero-order valence-corrected chi connectivity index (χ0v) is 10.9. The SMILES string of the molecule is CS(=O)(=O)NCCc1cc([N+](=O)[O-])c(F)cc1Cl. The molecule has 0 aliphatic rings. The molecule has 1 N–H and O–H groups in total. The first-order chi connectivity index (χ1) is 8.20. The Morgan fingerprint density at radius 1 is 1.50 bits per heavy atom. The summed E-state index contributed by atoms with van der Waals surface area (Å²) in [6.45, 7) is 0.0291. The Morgan fingerprint density at radius 2 is 2.11 bits per heavy atom. The number of hydrogen-bond acceptors (Lipinski definition) is 4. The molecular formula is C9H10ClFN2O4S. The van der Waals surface area contributed by atoms with E-state index in [0.717, 1.165) is 18.4 Å². The average molecular weight is 297 g/mol. The van der Waals surface area contributed by atoms with Crippen LogP contribution in [-0.4, -0.2) is 26.1 Å². The van der Waals surface area contributed by atoms with Gasteiger partial charge in [0.05, 0.1) is 11.2 Å². The van der Waals surface area contributed by atoms with Gasteiger partial charge in [-0.2, -0.15) is 4.39 Å². The van der Waals surface area contributed by atoms with E-state index in [2.05, 4.69) is 4.72 Å². The fourth-order valence-corrected chi connectivity index (χ4v) is 2.00. The number of sulfonamides is 1. The van der Waals surface area contributed by atoms with Crippen LogP contribution in [0.25, 0.3) is 0 Å². The molecule has 1 rings (SSSR count). The lowest BCUT2D eigenvalue weighted by atomic mass is 10.1. The lowest BCUT2D eigenvalue weighted by molar-refractivity contribution is -0.387. The molecule has 1 aromatic rings. The largest absolute Gasteiger partial charge is 0.305 e. The van der Waals surface area contributed by atoms with Crippen molar-refractivity contribution in [3.63, 3.8) is 0 Å².